The number of carbonyl (C=O) groups is 1. The Hall–Kier alpha value is -2.66. The second-order valence-electron chi connectivity index (χ2n) is 6.36. The minimum absolute atomic E-state index is 0.104. The van der Waals surface area contributed by atoms with Crippen LogP contribution >= 0.6 is 0 Å². The topological polar surface area (TPSA) is 54.1 Å². The second-order valence-corrected chi connectivity index (χ2v) is 6.36. The fraction of sp³-hybridized carbons (Fsp3) is 0.286. The largest absolute Gasteiger partial charge is 0.372 e. The molecule has 4 nitrogen and oxygen atoms in total. The van der Waals surface area contributed by atoms with Crippen molar-refractivity contribution in [3.63, 3.8) is 0 Å². The van der Waals surface area contributed by atoms with Gasteiger partial charge in [0.25, 0.3) is 0 Å². The lowest BCUT2D eigenvalue weighted by molar-refractivity contribution is -0.131. The number of benzene rings is 2. The Morgan fingerprint density at radius 3 is 2.62 bits per heavy atom. The smallest absolute Gasteiger partial charge is 0.249 e. The molecule has 3 rings (SSSR count). The van der Waals surface area contributed by atoms with Crippen molar-refractivity contribution >= 4 is 16.8 Å². The summed E-state index contributed by atoms with van der Waals surface area (Å²) in [5, 5.41) is 4.01. The summed E-state index contributed by atoms with van der Waals surface area (Å²) in [6, 6.07) is 12.5. The van der Waals surface area contributed by atoms with E-state index in [4.69, 9.17) is 4.74 Å². The molecule has 1 amide bonds. The maximum absolute atomic E-state index is 13.2. The molecular weight excluding hydrogens is 331 g/mol. The maximum Gasteiger partial charge on any atom is 0.249 e. The van der Waals surface area contributed by atoms with Gasteiger partial charge in [-0.05, 0) is 66.4 Å². The van der Waals surface area contributed by atoms with E-state index in [9.17, 15) is 9.18 Å². The van der Waals surface area contributed by atoms with Crippen LogP contribution in [0, 0.1) is 12.7 Å². The molecule has 0 aliphatic rings. The SMILES string of the molecule is CCC(OC)C(=O)NCc1ccc2[nH]c(-c3ccc(F)cc3)c(C)c2c1. The molecule has 0 saturated heterocycles. The van der Waals surface area contributed by atoms with Crippen molar-refractivity contribution in [3.8, 4) is 11.3 Å². The molecule has 2 aromatic carbocycles. The molecule has 0 fully saturated rings. The van der Waals surface area contributed by atoms with E-state index in [2.05, 4.69) is 16.4 Å². The molecule has 0 radical (unpaired) electrons. The molecule has 1 heterocycles. The number of aromatic nitrogens is 1. The lowest BCUT2D eigenvalue weighted by atomic mass is 10.0. The van der Waals surface area contributed by atoms with Crippen molar-refractivity contribution in [2.24, 2.45) is 0 Å². The van der Waals surface area contributed by atoms with Gasteiger partial charge in [-0.25, -0.2) is 4.39 Å². The number of carbonyl (C=O) groups excluding carboxylic acids is 1. The summed E-state index contributed by atoms with van der Waals surface area (Å²) in [5.74, 6) is -0.352. The molecule has 5 heteroatoms. The highest BCUT2D eigenvalue weighted by Crippen LogP contribution is 2.30. The van der Waals surface area contributed by atoms with E-state index in [1.165, 1.54) is 12.1 Å². The van der Waals surface area contributed by atoms with Crippen LogP contribution < -0.4 is 5.32 Å². The van der Waals surface area contributed by atoms with Gasteiger partial charge in [-0.15, -0.1) is 0 Å². The van der Waals surface area contributed by atoms with Gasteiger partial charge in [0.15, 0.2) is 0 Å². The lowest BCUT2D eigenvalue weighted by Crippen LogP contribution is -2.34. The summed E-state index contributed by atoms with van der Waals surface area (Å²) in [4.78, 5) is 15.5. The second kappa shape index (κ2) is 7.70. The minimum atomic E-state index is -0.419. The predicted molar refractivity (Wildman–Crippen MR) is 101 cm³/mol. The van der Waals surface area contributed by atoms with Crippen LogP contribution in [-0.2, 0) is 16.1 Å². The zero-order valence-electron chi connectivity index (χ0n) is 15.2. The van der Waals surface area contributed by atoms with Gasteiger partial charge in [0.2, 0.25) is 5.91 Å². The number of aromatic amines is 1. The van der Waals surface area contributed by atoms with E-state index < -0.39 is 6.10 Å². The van der Waals surface area contributed by atoms with Crippen LogP contribution in [0.4, 0.5) is 4.39 Å². The number of aryl methyl sites for hydroxylation is 1. The fourth-order valence-corrected chi connectivity index (χ4v) is 3.15. The van der Waals surface area contributed by atoms with E-state index in [0.717, 1.165) is 33.3 Å². The molecule has 26 heavy (non-hydrogen) atoms. The third-order valence-electron chi connectivity index (χ3n) is 4.67. The van der Waals surface area contributed by atoms with E-state index in [1.807, 2.05) is 26.0 Å². The van der Waals surface area contributed by atoms with Crippen molar-refractivity contribution in [2.75, 3.05) is 7.11 Å². The van der Waals surface area contributed by atoms with Crippen LogP contribution in [0.25, 0.3) is 22.2 Å². The van der Waals surface area contributed by atoms with Crippen molar-refractivity contribution < 1.29 is 13.9 Å². The first-order valence-electron chi connectivity index (χ1n) is 8.71. The number of ether oxygens (including phenoxy) is 1. The van der Waals surface area contributed by atoms with Crippen LogP contribution in [0.3, 0.4) is 0 Å². The summed E-state index contributed by atoms with van der Waals surface area (Å²) < 4.78 is 18.3. The van der Waals surface area contributed by atoms with Crippen LogP contribution in [0.2, 0.25) is 0 Å². The molecule has 1 atom stereocenters. The van der Waals surface area contributed by atoms with Crippen molar-refractivity contribution in [1.82, 2.24) is 10.3 Å². The standard InChI is InChI=1S/C21H23FN2O2/c1-4-19(26-3)21(25)23-12-14-5-10-18-17(11-14)13(2)20(24-18)15-6-8-16(22)9-7-15/h5-11,19,24H,4,12H2,1-3H3,(H,23,25). The van der Waals surface area contributed by atoms with E-state index in [1.54, 1.807) is 19.2 Å². The first-order valence-corrected chi connectivity index (χ1v) is 8.71. The Morgan fingerprint density at radius 1 is 1.23 bits per heavy atom. The maximum atomic E-state index is 13.2. The molecule has 1 unspecified atom stereocenters. The molecule has 3 aromatic rings. The number of rotatable bonds is 6. The Labute approximate surface area is 152 Å². The minimum Gasteiger partial charge on any atom is -0.372 e. The first kappa shape index (κ1) is 18.1. The molecule has 0 aliphatic heterocycles. The normalized spacial score (nSPS) is 12.3. The van der Waals surface area contributed by atoms with Crippen molar-refractivity contribution in [1.29, 1.82) is 0 Å². The van der Waals surface area contributed by atoms with Gasteiger partial charge in [-0.2, -0.15) is 0 Å². The van der Waals surface area contributed by atoms with E-state index >= 15 is 0 Å². The molecule has 0 bridgehead atoms. The number of hydrogen-bond acceptors (Lipinski definition) is 2. The average Bonchev–Trinajstić information content (AvgIpc) is 2.98. The van der Waals surface area contributed by atoms with Crippen LogP contribution in [0.1, 0.15) is 24.5 Å². The van der Waals surface area contributed by atoms with Crippen LogP contribution in [-0.4, -0.2) is 24.1 Å². The summed E-state index contributed by atoms with van der Waals surface area (Å²) in [6.07, 6.45) is 0.220. The monoisotopic (exact) mass is 354 g/mol. The molecule has 0 spiro atoms. The number of amides is 1. The van der Waals surface area contributed by atoms with Gasteiger partial charge in [0.1, 0.15) is 11.9 Å². The van der Waals surface area contributed by atoms with Gasteiger partial charge in [-0.3, -0.25) is 4.79 Å². The quantitative estimate of drug-likeness (QED) is 0.692. The summed E-state index contributed by atoms with van der Waals surface area (Å²) in [5.41, 5.74) is 5.06. The first-order chi connectivity index (χ1) is 12.5. The number of fused-ring (bicyclic) bond motifs is 1. The third kappa shape index (κ3) is 3.63. The summed E-state index contributed by atoms with van der Waals surface area (Å²) in [6.45, 7) is 4.41. The zero-order valence-corrected chi connectivity index (χ0v) is 15.2. The zero-order chi connectivity index (χ0) is 18.7. The molecule has 1 aromatic heterocycles. The fourth-order valence-electron chi connectivity index (χ4n) is 3.15. The Kier molecular flexibility index (Phi) is 5.38. The number of hydrogen-bond donors (Lipinski definition) is 2. The van der Waals surface area contributed by atoms with Gasteiger partial charge in [0, 0.05) is 30.3 Å². The highest BCUT2D eigenvalue weighted by molar-refractivity contribution is 5.91. The van der Waals surface area contributed by atoms with Gasteiger partial charge in [0.05, 0.1) is 0 Å². The molecule has 0 saturated carbocycles. The number of methoxy groups -OCH3 is 1. The number of halogens is 1. The Bertz CT molecular complexity index is 912. The van der Waals surface area contributed by atoms with Crippen LogP contribution in [0.5, 0.6) is 0 Å². The Balaban J connectivity index is 1.84. The molecular formula is C21H23FN2O2. The lowest BCUT2D eigenvalue weighted by Gasteiger charge is -2.13. The number of H-pyrrole nitrogens is 1. The summed E-state index contributed by atoms with van der Waals surface area (Å²) in [7, 11) is 1.54. The number of nitrogens with one attached hydrogen (secondary N) is 2. The highest BCUT2D eigenvalue weighted by atomic mass is 19.1. The predicted octanol–water partition coefficient (Wildman–Crippen LogP) is 4.32. The average molecular weight is 354 g/mol. The van der Waals surface area contributed by atoms with Gasteiger partial charge < -0.3 is 15.0 Å². The van der Waals surface area contributed by atoms with Gasteiger partial charge in [-0.1, -0.05) is 13.0 Å². The van der Waals surface area contributed by atoms with Crippen molar-refractivity contribution in [2.45, 2.75) is 32.9 Å². The van der Waals surface area contributed by atoms with Crippen LogP contribution in [0.15, 0.2) is 42.5 Å². The van der Waals surface area contributed by atoms with Crippen molar-refractivity contribution in [3.05, 3.63) is 59.4 Å². The molecule has 136 valence electrons. The Morgan fingerprint density at radius 2 is 1.96 bits per heavy atom. The summed E-state index contributed by atoms with van der Waals surface area (Å²) >= 11 is 0. The molecule has 2 N–H and O–H groups in total. The molecule has 0 aliphatic carbocycles. The van der Waals surface area contributed by atoms with E-state index in [0.29, 0.717) is 13.0 Å². The van der Waals surface area contributed by atoms with E-state index in [-0.39, 0.29) is 11.7 Å². The highest BCUT2D eigenvalue weighted by Gasteiger charge is 2.15. The third-order valence-corrected chi connectivity index (χ3v) is 4.67. The van der Waals surface area contributed by atoms with Gasteiger partial charge >= 0.3 is 0 Å².